The van der Waals surface area contributed by atoms with Crippen molar-refractivity contribution in [3.63, 3.8) is 0 Å². The first-order chi connectivity index (χ1) is 7.44. The molecule has 16 heavy (non-hydrogen) atoms. The topological polar surface area (TPSA) is 96.0 Å². The molecule has 0 aliphatic carbocycles. The Morgan fingerprint density at radius 3 is 2.81 bits per heavy atom. The molecular weight excluding hydrogens is 230 g/mol. The Morgan fingerprint density at radius 2 is 2.19 bits per heavy atom. The van der Waals surface area contributed by atoms with Crippen LogP contribution >= 0.6 is 0 Å². The summed E-state index contributed by atoms with van der Waals surface area (Å²) in [5.74, 6) is 0.593. The number of sulfone groups is 1. The van der Waals surface area contributed by atoms with Crippen LogP contribution in [0.25, 0.3) is 0 Å². The monoisotopic (exact) mass is 249 g/mol. The maximum Gasteiger partial charge on any atom is 0.151 e. The van der Waals surface area contributed by atoms with Gasteiger partial charge in [0.2, 0.25) is 0 Å². The molecule has 6 nitrogen and oxygen atoms in total. The van der Waals surface area contributed by atoms with Gasteiger partial charge in [0.15, 0.2) is 9.84 Å². The molecule has 0 bridgehead atoms. The summed E-state index contributed by atoms with van der Waals surface area (Å²) in [6.45, 7) is 3.77. The number of nitrogens with zero attached hydrogens (tertiary/aromatic N) is 2. The van der Waals surface area contributed by atoms with Gasteiger partial charge in [-0.2, -0.15) is 0 Å². The van der Waals surface area contributed by atoms with E-state index in [1.54, 1.807) is 0 Å². The molecular formula is C9H19N3O3S. The van der Waals surface area contributed by atoms with Crippen LogP contribution in [0.15, 0.2) is 5.16 Å². The Bertz CT molecular complexity index is 353. The lowest BCUT2D eigenvalue weighted by Gasteiger charge is -2.22. The van der Waals surface area contributed by atoms with Crippen molar-refractivity contribution < 1.29 is 13.6 Å². The smallest absolute Gasteiger partial charge is 0.151 e. The van der Waals surface area contributed by atoms with Crippen molar-refractivity contribution in [1.82, 2.24) is 4.90 Å². The van der Waals surface area contributed by atoms with Crippen LogP contribution in [0.1, 0.15) is 13.3 Å². The van der Waals surface area contributed by atoms with Gasteiger partial charge in [-0.25, -0.2) is 8.42 Å². The molecule has 7 heteroatoms. The summed E-state index contributed by atoms with van der Waals surface area (Å²) in [6, 6.07) is 0. The van der Waals surface area contributed by atoms with Crippen molar-refractivity contribution in [2.75, 3.05) is 31.1 Å². The van der Waals surface area contributed by atoms with Crippen LogP contribution in [0.5, 0.6) is 0 Å². The highest BCUT2D eigenvalue weighted by Crippen LogP contribution is 2.07. The maximum absolute atomic E-state index is 11.4. The van der Waals surface area contributed by atoms with Crippen LogP contribution in [-0.4, -0.2) is 55.5 Å². The van der Waals surface area contributed by atoms with Crippen molar-refractivity contribution in [3.8, 4) is 0 Å². The highest BCUT2D eigenvalue weighted by atomic mass is 32.2. The molecule has 3 N–H and O–H groups in total. The molecule has 0 aromatic heterocycles. The van der Waals surface area contributed by atoms with Crippen LogP contribution in [0.3, 0.4) is 0 Å². The third kappa shape index (κ3) is 3.97. The van der Waals surface area contributed by atoms with E-state index in [0.717, 1.165) is 6.54 Å². The van der Waals surface area contributed by atoms with E-state index in [1.807, 2.05) is 11.8 Å². The van der Waals surface area contributed by atoms with Gasteiger partial charge in [-0.1, -0.05) is 12.1 Å². The zero-order valence-corrected chi connectivity index (χ0v) is 10.3. The van der Waals surface area contributed by atoms with Gasteiger partial charge in [-0.05, 0) is 13.0 Å². The minimum atomic E-state index is -2.87. The predicted molar refractivity (Wildman–Crippen MR) is 62.3 cm³/mol. The Hall–Kier alpha value is -0.820. The normalized spacial score (nSPS) is 24.9. The van der Waals surface area contributed by atoms with Gasteiger partial charge in [0, 0.05) is 19.0 Å². The summed E-state index contributed by atoms with van der Waals surface area (Å²) >= 11 is 0. The van der Waals surface area contributed by atoms with Gasteiger partial charge >= 0.3 is 0 Å². The number of rotatable bonds is 3. The number of amidine groups is 1. The molecule has 0 aromatic carbocycles. The summed E-state index contributed by atoms with van der Waals surface area (Å²) in [7, 11) is -2.87. The molecule has 1 rings (SSSR count). The van der Waals surface area contributed by atoms with Crippen LogP contribution < -0.4 is 5.73 Å². The Morgan fingerprint density at radius 1 is 1.50 bits per heavy atom. The molecule has 1 aliphatic rings. The van der Waals surface area contributed by atoms with Crippen LogP contribution in [-0.2, 0) is 9.84 Å². The van der Waals surface area contributed by atoms with Crippen LogP contribution in [0.2, 0.25) is 0 Å². The third-order valence-corrected chi connectivity index (χ3v) is 4.52. The average Bonchev–Trinajstić information content (AvgIpc) is 2.39. The summed E-state index contributed by atoms with van der Waals surface area (Å²) in [5.41, 5.74) is 5.48. The van der Waals surface area contributed by atoms with E-state index < -0.39 is 9.84 Å². The minimum Gasteiger partial charge on any atom is -0.409 e. The lowest BCUT2D eigenvalue weighted by Crippen LogP contribution is -2.36. The minimum absolute atomic E-state index is 0.0641. The molecule has 0 spiro atoms. The lowest BCUT2D eigenvalue weighted by molar-refractivity contribution is 0.270. The molecule has 0 saturated carbocycles. The summed E-state index contributed by atoms with van der Waals surface area (Å²) in [5, 5.41) is 11.5. The molecule has 1 atom stereocenters. The van der Waals surface area contributed by atoms with E-state index >= 15 is 0 Å². The highest BCUT2D eigenvalue weighted by Gasteiger charge is 2.21. The molecule has 1 unspecified atom stereocenters. The molecule has 0 radical (unpaired) electrons. The second kappa shape index (κ2) is 5.49. The first kappa shape index (κ1) is 13.2. The Kier molecular flexibility index (Phi) is 4.55. The van der Waals surface area contributed by atoms with Crippen molar-refractivity contribution >= 4 is 15.7 Å². The Balaban J connectivity index is 2.50. The first-order valence-corrected chi connectivity index (χ1v) is 7.17. The van der Waals surface area contributed by atoms with Crippen molar-refractivity contribution in [3.05, 3.63) is 0 Å². The second-order valence-corrected chi connectivity index (χ2v) is 6.54. The molecule has 1 saturated heterocycles. The Labute approximate surface area is 96.0 Å². The van der Waals surface area contributed by atoms with Crippen molar-refractivity contribution in [1.29, 1.82) is 0 Å². The number of nitrogens with two attached hydrogens (primary N) is 1. The van der Waals surface area contributed by atoms with Crippen molar-refractivity contribution in [2.24, 2.45) is 16.8 Å². The number of hydrogen-bond acceptors (Lipinski definition) is 5. The quantitative estimate of drug-likeness (QED) is 0.304. The first-order valence-electron chi connectivity index (χ1n) is 5.35. The SMILES string of the molecule is CC(CN1CCCS(=O)(=O)CC1)C(N)=NO. The summed E-state index contributed by atoms with van der Waals surface area (Å²) in [6.07, 6.45) is 0.658. The molecule has 0 amide bonds. The molecule has 0 aromatic rings. The van der Waals surface area contributed by atoms with Crippen LogP contribution in [0, 0.1) is 5.92 Å². The third-order valence-electron chi connectivity index (χ3n) is 2.80. The maximum atomic E-state index is 11.4. The largest absolute Gasteiger partial charge is 0.409 e. The van der Waals surface area contributed by atoms with Gasteiger partial charge in [0.25, 0.3) is 0 Å². The van der Waals surface area contributed by atoms with E-state index in [0.29, 0.717) is 19.5 Å². The van der Waals surface area contributed by atoms with Crippen LogP contribution in [0.4, 0.5) is 0 Å². The fourth-order valence-electron chi connectivity index (χ4n) is 1.75. The summed E-state index contributed by atoms with van der Waals surface area (Å²) < 4.78 is 22.8. The van der Waals surface area contributed by atoms with Gasteiger partial charge < -0.3 is 15.8 Å². The standard InChI is InChI=1S/C9H19N3O3S/c1-8(9(10)11-13)7-12-3-2-5-16(14,15)6-4-12/h8,13H,2-7H2,1H3,(H2,10,11). The van der Waals surface area contributed by atoms with Gasteiger partial charge in [-0.3, -0.25) is 0 Å². The predicted octanol–water partition coefficient (Wildman–Crippen LogP) is -0.511. The fourth-order valence-corrected chi connectivity index (χ4v) is 3.06. The molecule has 1 heterocycles. The zero-order valence-electron chi connectivity index (χ0n) is 9.46. The molecule has 1 aliphatic heterocycles. The fraction of sp³-hybridized carbons (Fsp3) is 0.889. The number of oxime groups is 1. The second-order valence-electron chi connectivity index (χ2n) is 4.23. The van der Waals surface area contributed by atoms with E-state index in [1.165, 1.54) is 0 Å². The highest BCUT2D eigenvalue weighted by molar-refractivity contribution is 7.91. The lowest BCUT2D eigenvalue weighted by atomic mass is 10.1. The average molecular weight is 249 g/mol. The van der Waals surface area contributed by atoms with E-state index in [2.05, 4.69) is 5.16 Å². The summed E-state index contributed by atoms with van der Waals surface area (Å²) in [4.78, 5) is 2.05. The zero-order chi connectivity index (χ0) is 12.2. The van der Waals surface area contributed by atoms with Gasteiger partial charge in [0.1, 0.15) is 5.84 Å². The molecule has 1 fully saturated rings. The number of hydrogen-bond donors (Lipinski definition) is 2. The molecule has 94 valence electrons. The van der Waals surface area contributed by atoms with Crippen molar-refractivity contribution in [2.45, 2.75) is 13.3 Å². The van der Waals surface area contributed by atoms with E-state index in [9.17, 15) is 8.42 Å². The van der Waals surface area contributed by atoms with Gasteiger partial charge in [-0.15, -0.1) is 0 Å². The van der Waals surface area contributed by atoms with E-state index in [-0.39, 0.29) is 23.3 Å². The van der Waals surface area contributed by atoms with E-state index in [4.69, 9.17) is 10.9 Å². The van der Waals surface area contributed by atoms with Gasteiger partial charge in [0.05, 0.1) is 11.5 Å².